The lowest BCUT2D eigenvalue weighted by atomic mass is 10.1. The van der Waals surface area contributed by atoms with E-state index >= 15 is 0 Å². The highest BCUT2D eigenvalue weighted by Crippen LogP contribution is 2.37. The van der Waals surface area contributed by atoms with E-state index in [2.05, 4.69) is 36.4 Å². The van der Waals surface area contributed by atoms with Gasteiger partial charge in [-0.05, 0) is 44.9 Å². The standard InChI is InChI=1S/C20H24N6OS/c1-13-19(14(2)25-24-13)28-17-8-4-3-7-16(17)22-20-21-10-9-18(23-20)26-11-5-6-15(27)12-26/h3-4,7-10,15,27H,5-6,11-12H2,1-2H3,(H,24,25)(H,21,22,23). The normalized spacial score (nSPS) is 17.0. The van der Waals surface area contributed by atoms with Crippen molar-refractivity contribution in [3.63, 3.8) is 0 Å². The Kier molecular flexibility index (Phi) is 5.50. The second-order valence-corrected chi connectivity index (χ2v) is 8.02. The van der Waals surface area contributed by atoms with Crippen molar-refractivity contribution < 1.29 is 5.11 Å². The Bertz CT molecular complexity index is 940. The Morgan fingerprint density at radius 1 is 1.25 bits per heavy atom. The molecule has 1 aliphatic rings. The van der Waals surface area contributed by atoms with Crippen LogP contribution in [-0.2, 0) is 0 Å². The number of aliphatic hydroxyl groups excluding tert-OH is 1. The van der Waals surface area contributed by atoms with Gasteiger partial charge in [0.25, 0.3) is 0 Å². The van der Waals surface area contributed by atoms with E-state index in [9.17, 15) is 5.11 Å². The average Bonchev–Trinajstić information content (AvgIpc) is 3.02. The maximum atomic E-state index is 9.94. The van der Waals surface area contributed by atoms with E-state index in [0.29, 0.717) is 12.5 Å². The Hall–Kier alpha value is -2.58. The Labute approximate surface area is 168 Å². The molecule has 0 bridgehead atoms. The van der Waals surface area contributed by atoms with E-state index < -0.39 is 0 Å². The molecular formula is C20H24N6OS. The zero-order valence-corrected chi connectivity index (χ0v) is 16.8. The SMILES string of the molecule is Cc1n[nH]c(C)c1Sc1ccccc1Nc1nccc(N2CCCC(O)C2)n1. The number of H-pyrrole nitrogens is 1. The van der Waals surface area contributed by atoms with Crippen molar-refractivity contribution in [1.29, 1.82) is 0 Å². The van der Waals surface area contributed by atoms with Crippen LogP contribution in [0.2, 0.25) is 0 Å². The van der Waals surface area contributed by atoms with Crippen LogP contribution in [-0.4, -0.2) is 44.5 Å². The zero-order chi connectivity index (χ0) is 19.5. The fraction of sp³-hybridized carbons (Fsp3) is 0.350. The summed E-state index contributed by atoms with van der Waals surface area (Å²) in [6.07, 6.45) is 3.28. The molecule has 1 saturated heterocycles. The molecule has 0 radical (unpaired) electrons. The molecule has 0 saturated carbocycles. The highest BCUT2D eigenvalue weighted by Gasteiger charge is 2.19. The monoisotopic (exact) mass is 396 g/mol. The summed E-state index contributed by atoms with van der Waals surface area (Å²) in [4.78, 5) is 13.4. The summed E-state index contributed by atoms with van der Waals surface area (Å²) in [5.74, 6) is 1.38. The van der Waals surface area contributed by atoms with Crippen LogP contribution in [0, 0.1) is 13.8 Å². The van der Waals surface area contributed by atoms with E-state index in [1.54, 1.807) is 18.0 Å². The van der Waals surface area contributed by atoms with Crippen molar-refractivity contribution in [3.8, 4) is 0 Å². The summed E-state index contributed by atoms with van der Waals surface area (Å²) in [7, 11) is 0. The number of nitrogens with zero attached hydrogens (tertiary/aromatic N) is 4. The molecule has 1 aromatic carbocycles. The third-order valence-corrected chi connectivity index (χ3v) is 6.15. The molecule has 28 heavy (non-hydrogen) atoms. The van der Waals surface area contributed by atoms with Gasteiger partial charge in [0.15, 0.2) is 0 Å². The second-order valence-electron chi connectivity index (χ2n) is 6.97. The number of aryl methyl sites for hydroxylation is 2. The first kappa shape index (κ1) is 18.8. The van der Waals surface area contributed by atoms with Crippen molar-refractivity contribution in [1.82, 2.24) is 20.2 Å². The van der Waals surface area contributed by atoms with Crippen LogP contribution in [0.3, 0.4) is 0 Å². The van der Waals surface area contributed by atoms with E-state index in [0.717, 1.165) is 52.1 Å². The second kappa shape index (κ2) is 8.20. The van der Waals surface area contributed by atoms with Gasteiger partial charge in [-0.25, -0.2) is 4.98 Å². The summed E-state index contributed by atoms with van der Waals surface area (Å²) in [6, 6.07) is 10.00. The first-order valence-electron chi connectivity index (χ1n) is 9.41. The Balaban J connectivity index is 1.56. The lowest BCUT2D eigenvalue weighted by Crippen LogP contribution is -2.38. The molecule has 1 aliphatic heterocycles. The van der Waals surface area contributed by atoms with Crippen LogP contribution in [0.5, 0.6) is 0 Å². The van der Waals surface area contributed by atoms with Crippen molar-refractivity contribution in [2.24, 2.45) is 0 Å². The summed E-state index contributed by atoms with van der Waals surface area (Å²) in [5, 5.41) is 20.6. The summed E-state index contributed by atoms with van der Waals surface area (Å²) in [5.41, 5.74) is 2.99. The number of aromatic nitrogens is 4. The third kappa shape index (κ3) is 4.13. The van der Waals surface area contributed by atoms with Crippen LogP contribution in [0.4, 0.5) is 17.5 Å². The molecule has 146 valence electrons. The third-order valence-electron chi connectivity index (χ3n) is 4.77. The number of aliphatic hydroxyl groups is 1. The number of benzene rings is 1. The molecule has 2 aromatic heterocycles. The number of aromatic amines is 1. The van der Waals surface area contributed by atoms with Gasteiger partial charge in [-0.1, -0.05) is 23.9 Å². The van der Waals surface area contributed by atoms with E-state index in [1.165, 1.54) is 0 Å². The predicted octanol–water partition coefficient (Wildman–Crippen LogP) is 3.67. The first-order valence-corrected chi connectivity index (χ1v) is 10.2. The number of hydrogen-bond acceptors (Lipinski definition) is 7. The van der Waals surface area contributed by atoms with E-state index in [-0.39, 0.29) is 6.10 Å². The maximum absolute atomic E-state index is 9.94. The molecule has 1 fully saturated rings. The summed E-state index contributed by atoms with van der Waals surface area (Å²) < 4.78 is 0. The molecule has 7 nitrogen and oxygen atoms in total. The van der Waals surface area contributed by atoms with Crippen molar-refractivity contribution >= 4 is 29.2 Å². The van der Waals surface area contributed by atoms with Crippen molar-refractivity contribution in [2.75, 3.05) is 23.3 Å². The number of β-amino-alcohol motifs (C(OH)–C–C–N with tert-alkyl or cyclic N) is 1. The smallest absolute Gasteiger partial charge is 0.229 e. The van der Waals surface area contributed by atoms with Crippen LogP contribution in [0.1, 0.15) is 24.2 Å². The van der Waals surface area contributed by atoms with Gasteiger partial charge in [0.1, 0.15) is 5.82 Å². The van der Waals surface area contributed by atoms with Gasteiger partial charge in [-0.3, -0.25) is 5.10 Å². The van der Waals surface area contributed by atoms with Gasteiger partial charge in [-0.2, -0.15) is 10.1 Å². The first-order chi connectivity index (χ1) is 13.6. The minimum Gasteiger partial charge on any atom is -0.391 e. The Morgan fingerprint density at radius 3 is 2.89 bits per heavy atom. The molecule has 3 N–H and O–H groups in total. The molecular weight excluding hydrogens is 372 g/mol. The predicted molar refractivity (Wildman–Crippen MR) is 111 cm³/mol. The number of piperidine rings is 1. The molecule has 0 aliphatic carbocycles. The highest BCUT2D eigenvalue weighted by atomic mass is 32.2. The fourth-order valence-corrected chi connectivity index (χ4v) is 4.32. The molecule has 0 amide bonds. The molecule has 3 heterocycles. The molecule has 1 unspecified atom stereocenters. The van der Waals surface area contributed by atoms with Gasteiger partial charge in [0.05, 0.1) is 22.4 Å². The van der Waals surface area contributed by atoms with E-state index in [4.69, 9.17) is 0 Å². The number of nitrogens with one attached hydrogen (secondary N) is 2. The fourth-order valence-electron chi connectivity index (χ4n) is 3.33. The number of anilines is 3. The van der Waals surface area contributed by atoms with Crippen LogP contribution in [0.25, 0.3) is 0 Å². The lowest BCUT2D eigenvalue weighted by molar-refractivity contribution is 0.154. The van der Waals surface area contributed by atoms with Crippen LogP contribution >= 0.6 is 11.8 Å². The topological polar surface area (TPSA) is 90.0 Å². The molecule has 4 rings (SSSR count). The van der Waals surface area contributed by atoms with Gasteiger partial charge < -0.3 is 15.3 Å². The number of para-hydroxylation sites is 1. The summed E-state index contributed by atoms with van der Waals surface area (Å²) in [6.45, 7) is 5.54. The van der Waals surface area contributed by atoms with Crippen molar-refractivity contribution in [2.45, 2.75) is 42.6 Å². The van der Waals surface area contributed by atoms with Gasteiger partial charge in [0.2, 0.25) is 5.95 Å². The molecule has 8 heteroatoms. The summed E-state index contributed by atoms with van der Waals surface area (Å²) >= 11 is 1.67. The largest absolute Gasteiger partial charge is 0.391 e. The molecule has 1 atom stereocenters. The maximum Gasteiger partial charge on any atom is 0.229 e. The minimum atomic E-state index is -0.293. The average molecular weight is 397 g/mol. The lowest BCUT2D eigenvalue weighted by Gasteiger charge is -2.31. The van der Waals surface area contributed by atoms with Crippen LogP contribution in [0.15, 0.2) is 46.3 Å². The van der Waals surface area contributed by atoms with Gasteiger partial charge in [0, 0.05) is 29.9 Å². The molecule has 3 aromatic rings. The van der Waals surface area contributed by atoms with Gasteiger partial charge in [-0.15, -0.1) is 0 Å². The van der Waals surface area contributed by atoms with Crippen LogP contribution < -0.4 is 10.2 Å². The number of hydrogen-bond donors (Lipinski definition) is 3. The number of rotatable bonds is 5. The highest BCUT2D eigenvalue weighted by molar-refractivity contribution is 7.99. The van der Waals surface area contributed by atoms with Gasteiger partial charge >= 0.3 is 0 Å². The Morgan fingerprint density at radius 2 is 2.11 bits per heavy atom. The quantitative estimate of drug-likeness (QED) is 0.606. The van der Waals surface area contributed by atoms with Crippen molar-refractivity contribution in [3.05, 3.63) is 47.9 Å². The molecule has 0 spiro atoms. The minimum absolute atomic E-state index is 0.293. The zero-order valence-electron chi connectivity index (χ0n) is 16.0. The van der Waals surface area contributed by atoms with E-state index in [1.807, 2.05) is 38.1 Å².